The molecule has 0 radical (unpaired) electrons. The Bertz CT molecular complexity index is 2400. The third kappa shape index (κ3) is 4.27. The first-order valence-electron chi connectivity index (χ1n) is 15.0. The van der Waals surface area contributed by atoms with Gasteiger partial charge in [-0.2, -0.15) is 0 Å². The van der Waals surface area contributed by atoms with Crippen molar-refractivity contribution < 1.29 is 4.74 Å². The van der Waals surface area contributed by atoms with Gasteiger partial charge in [-0.3, -0.25) is 0 Å². The van der Waals surface area contributed by atoms with Crippen LogP contribution in [0.25, 0.3) is 78.0 Å². The minimum atomic E-state index is 0.615. The number of aromatic nitrogens is 3. The van der Waals surface area contributed by atoms with Gasteiger partial charge in [-0.25, -0.2) is 15.0 Å². The van der Waals surface area contributed by atoms with E-state index in [1.54, 1.807) is 0 Å². The Kier molecular flexibility index (Phi) is 5.78. The Balaban J connectivity index is 1.25. The average Bonchev–Trinajstić information content (AvgIpc) is 3.12. The lowest BCUT2D eigenvalue weighted by atomic mass is 9.93. The van der Waals surface area contributed by atoms with E-state index in [0.717, 1.165) is 60.9 Å². The van der Waals surface area contributed by atoms with E-state index in [1.165, 1.54) is 11.1 Å². The van der Waals surface area contributed by atoms with Gasteiger partial charge in [-0.1, -0.05) is 127 Å². The van der Waals surface area contributed by atoms with Crippen LogP contribution in [0.15, 0.2) is 152 Å². The lowest BCUT2D eigenvalue weighted by Crippen LogP contribution is -2.02. The Labute approximate surface area is 260 Å². The topological polar surface area (TPSA) is 47.9 Å². The monoisotopic (exact) mass is 575 g/mol. The molecule has 0 saturated heterocycles. The van der Waals surface area contributed by atoms with Crippen molar-refractivity contribution in [2.45, 2.75) is 0 Å². The van der Waals surface area contributed by atoms with E-state index in [9.17, 15) is 0 Å². The van der Waals surface area contributed by atoms with E-state index in [0.29, 0.717) is 17.5 Å². The van der Waals surface area contributed by atoms with Crippen LogP contribution in [0.1, 0.15) is 0 Å². The Morgan fingerprint density at radius 1 is 0.356 bits per heavy atom. The highest BCUT2D eigenvalue weighted by atomic mass is 16.5. The summed E-state index contributed by atoms with van der Waals surface area (Å²) >= 11 is 0. The summed E-state index contributed by atoms with van der Waals surface area (Å²) in [5.74, 6) is 3.58. The predicted octanol–water partition coefficient (Wildman–Crippen LogP) is 10.6. The number of nitrogens with zero attached hydrogens (tertiary/aromatic N) is 3. The maximum Gasteiger partial charge on any atom is 0.164 e. The molecule has 9 rings (SSSR count). The molecule has 8 aromatic rings. The predicted molar refractivity (Wildman–Crippen MR) is 182 cm³/mol. The largest absolute Gasteiger partial charge is 0.456 e. The molecule has 0 aliphatic carbocycles. The van der Waals surface area contributed by atoms with Crippen LogP contribution >= 0.6 is 0 Å². The van der Waals surface area contributed by atoms with Crippen LogP contribution in [0.3, 0.4) is 0 Å². The Morgan fingerprint density at radius 2 is 0.956 bits per heavy atom. The molecule has 1 aromatic heterocycles. The van der Waals surface area contributed by atoms with Gasteiger partial charge in [-0.05, 0) is 57.1 Å². The molecule has 0 N–H and O–H groups in total. The lowest BCUT2D eigenvalue weighted by Gasteiger charge is -2.21. The van der Waals surface area contributed by atoms with Crippen molar-refractivity contribution in [3.63, 3.8) is 0 Å². The summed E-state index contributed by atoms with van der Waals surface area (Å²) in [6.07, 6.45) is 0. The van der Waals surface area contributed by atoms with Gasteiger partial charge in [0.1, 0.15) is 11.5 Å². The van der Waals surface area contributed by atoms with E-state index < -0.39 is 0 Å². The molecule has 1 aliphatic heterocycles. The first-order valence-corrected chi connectivity index (χ1v) is 15.0. The van der Waals surface area contributed by atoms with Crippen LogP contribution < -0.4 is 4.74 Å². The van der Waals surface area contributed by atoms with Crippen molar-refractivity contribution in [3.8, 4) is 67.9 Å². The number of hydrogen-bond acceptors (Lipinski definition) is 4. The summed E-state index contributed by atoms with van der Waals surface area (Å²) in [6.45, 7) is 0. The van der Waals surface area contributed by atoms with Crippen LogP contribution in [0.4, 0.5) is 0 Å². The molecule has 7 aromatic carbocycles. The van der Waals surface area contributed by atoms with E-state index >= 15 is 0 Å². The van der Waals surface area contributed by atoms with Gasteiger partial charge in [0.15, 0.2) is 17.5 Å². The van der Waals surface area contributed by atoms with Gasteiger partial charge in [-0.15, -0.1) is 0 Å². The zero-order valence-electron chi connectivity index (χ0n) is 24.2. The number of hydrogen-bond donors (Lipinski definition) is 0. The second kappa shape index (κ2) is 10.2. The minimum Gasteiger partial charge on any atom is -0.456 e. The number of rotatable bonds is 4. The first-order chi connectivity index (χ1) is 22.3. The molecular formula is C41H25N3O. The van der Waals surface area contributed by atoms with Gasteiger partial charge in [0.05, 0.1) is 0 Å². The van der Waals surface area contributed by atoms with E-state index in [4.69, 9.17) is 19.7 Å². The summed E-state index contributed by atoms with van der Waals surface area (Å²) in [5.41, 5.74) is 7.33. The van der Waals surface area contributed by atoms with Crippen molar-refractivity contribution in [2.75, 3.05) is 0 Å². The van der Waals surface area contributed by atoms with Crippen LogP contribution in [0.5, 0.6) is 11.5 Å². The molecule has 0 spiro atoms. The van der Waals surface area contributed by atoms with Gasteiger partial charge >= 0.3 is 0 Å². The minimum absolute atomic E-state index is 0.615. The van der Waals surface area contributed by atoms with Gasteiger partial charge < -0.3 is 4.74 Å². The fourth-order valence-corrected chi connectivity index (χ4v) is 6.42. The van der Waals surface area contributed by atoms with Crippen molar-refractivity contribution in [1.82, 2.24) is 15.0 Å². The molecular weight excluding hydrogens is 550 g/mol. The zero-order valence-corrected chi connectivity index (χ0v) is 24.2. The summed E-state index contributed by atoms with van der Waals surface area (Å²) in [6, 6.07) is 52.2. The maximum atomic E-state index is 6.37. The molecule has 4 nitrogen and oxygen atoms in total. The Hall–Kier alpha value is -6.13. The number of ether oxygens (including phenoxy) is 1. The number of fused-ring (bicyclic) bond motifs is 3. The summed E-state index contributed by atoms with van der Waals surface area (Å²) in [5, 5.41) is 4.52. The highest BCUT2D eigenvalue weighted by Crippen LogP contribution is 2.47. The van der Waals surface area contributed by atoms with E-state index in [2.05, 4.69) is 91.0 Å². The molecule has 1 aliphatic rings. The molecule has 0 bridgehead atoms. The van der Waals surface area contributed by atoms with Crippen LogP contribution in [-0.4, -0.2) is 15.0 Å². The molecule has 0 unspecified atom stereocenters. The molecule has 210 valence electrons. The van der Waals surface area contributed by atoms with E-state index in [1.807, 2.05) is 60.7 Å². The lowest BCUT2D eigenvalue weighted by molar-refractivity contribution is 0.487. The fourth-order valence-electron chi connectivity index (χ4n) is 6.42. The van der Waals surface area contributed by atoms with Gasteiger partial charge in [0, 0.05) is 27.6 Å². The van der Waals surface area contributed by atoms with Crippen LogP contribution in [-0.2, 0) is 0 Å². The molecule has 45 heavy (non-hydrogen) atoms. The summed E-state index contributed by atoms with van der Waals surface area (Å²) < 4.78 is 6.37. The van der Waals surface area contributed by atoms with Crippen molar-refractivity contribution in [2.24, 2.45) is 0 Å². The van der Waals surface area contributed by atoms with Gasteiger partial charge in [0.25, 0.3) is 0 Å². The molecule has 0 atom stereocenters. The molecule has 0 fully saturated rings. The number of benzene rings is 7. The standard InChI is InChI=1S/C41H25N3O/c1-3-11-26(12-4-1)30-17-9-19-32-31(30)18-10-21-34(32)41-43-39(28-13-5-2-6-14-28)42-40(44-41)29-23-24-36-35(25-29)33-20-7-15-27-16-8-22-37(45-36)38(27)33/h1-25H. The normalized spacial score (nSPS) is 11.7. The third-order valence-electron chi connectivity index (χ3n) is 8.53. The average molecular weight is 576 g/mol. The fraction of sp³-hybridized carbons (Fsp3) is 0. The SMILES string of the molecule is c1ccc(-c2nc(-c3ccc4c(c3)-c3cccc5cccc(c35)O4)nc(-c3cccc4c(-c5ccccc5)cccc34)n2)cc1. The highest BCUT2D eigenvalue weighted by molar-refractivity contribution is 6.05. The summed E-state index contributed by atoms with van der Waals surface area (Å²) in [4.78, 5) is 15.2. The molecule has 0 saturated carbocycles. The maximum absolute atomic E-state index is 6.37. The molecule has 0 amide bonds. The van der Waals surface area contributed by atoms with Gasteiger partial charge in [0.2, 0.25) is 0 Å². The highest BCUT2D eigenvalue weighted by Gasteiger charge is 2.22. The van der Waals surface area contributed by atoms with Crippen molar-refractivity contribution >= 4 is 21.5 Å². The van der Waals surface area contributed by atoms with Crippen LogP contribution in [0, 0.1) is 0 Å². The quantitative estimate of drug-likeness (QED) is 0.209. The smallest absolute Gasteiger partial charge is 0.164 e. The molecule has 4 heteroatoms. The Morgan fingerprint density at radius 3 is 1.73 bits per heavy atom. The van der Waals surface area contributed by atoms with E-state index in [-0.39, 0.29) is 0 Å². The zero-order chi connectivity index (χ0) is 29.7. The summed E-state index contributed by atoms with van der Waals surface area (Å²) in [7, 11) is 0. The van der Waals surface area contributed by atoms with Crippen LogP contribution in [0.2, 0.25) is 0 Å². The third-order valence-corrected chi connectivity index (χ3v) is 8.53. The first kappa shape index (κ1) is 25.4. The second-order valence-electron chi connectivity index (χ2n) is 11.2. The molecule has 2 heterocycles. The van der Waals surface area contributed by atoms with Crippen molar-refractivity contribution in [3.05, 3.63) is 152 Å². The van der Waals surface area contributed by atoms with Crippen molar-refractivity contribution in [1.29, 1.82) is 0 Å². The second-order valence-corrected chi connectivity index (χ2v) is 11.2.